The molecule has 0 bridgehead atoms. The lowest BCUT2D eigenvalue weighted by Gasteiger charge is -2.14. The molecule has 2 rings (SSSR count). The van der Waals surface area contributed by atoms with Gasteiger partial charge in [0.25, 0.3) is 0 Å². The molecule has 1 aromatic carbocycles. The van der Waals surface area contributed by atoms with E-state index in [0.717, 1.165) is 24.0 Å². The highest BCUT2D eigenvalue weighted by atomic mass is 32.2. The first-order valence-corrected chi connectivity index (χ1v) is 9.23. The number of hydrogen-bond acceptors (Lipinski definition) is 5. The predicted octanol–water partition coefficient (Wildman–Crippen LogP) is 2.24. The van der Waals surface area contributed by atoms with Crippen LogP contribution < -0.4 is 4.72 Å². The number of rotatable bonds is 6. The molecule has 1 heterocycles. The van der Waals surface area contributed by atoms with Gasteiger partial charge in [0.05, 0.1) is 6.04 Å². The Hall–Kier alpha value is -1.52. The summed E-state index contributed by atoms with van der Waals surface area (Å²) < 4.78 is 55.7. The molecule has 0 aliphatic rings. The van der Waals surface area contributed by atoms with Crippen molar-refractivity contribution < 1.29 is 17.2 Å². The third-order valence-electron chi connectivity index (χ3n) is 3.05. The van der Waals surface area contributed by atoms with Gasteiger partial charge < -0.3 is 4.57 Å². The van der Waals surface area contributed by atoms with Crippen LogP contribution in [0, 0.1) is 11.6 Å². The molecule has 1 aromatic heterocycles. The van der Waals surface area contributed by atoms with Gasteiger partial charge in [-0.05, 0) is 24.8 Å². The zero-order valence-corrected chi connectivity index (χ0v) is 14.4. The van der Waals surface area contributed by atoms with Gasteiger partial charge >= 0.3 is 0 Å². The molecule has 1 unspecified atom stereocenters. The lowest BCUT2D eigenvalue weighted by Crippen LogP contribution is -2.30. The Morgan fingerprint density at radius 2 is 1.91 bits per heavy atom. The maximum absolute atomic E-state index is 13.7. The van der Waals surface area contributed by atoms with E-state index >= 15 is 0 Å². The van der Waals surface area contributed by atoms with Crippen molar-refractivity contribution in [2.75, 3.05) is 5.75 Å². The van der Waals surface area contributed by atoms with Crippen molar-refractivity contribution in [2.45, 2.75) is 29.9 Å². The normalized spacial score (nSPS) is 13.3. The van der Waals surface area contributed by atoms with E-state index in [4.69, 9.17) is 0 Å². The topological polar surface area (TPSA) is 76.9 Å². The fourth-order valence-corrected chi connectivity index (χ4v) is 4.02. The van der Waals surface area contributed by atoms with Gasteiger partial charge in [-0.1, -0.05) is 24.8 Å². The van der Waals surface area contributed by atoms with E-state index in [1.807, 2.05) is 6.92 Å². The first-order valence-electron chi connectivity index (χ1n) is 6.76. The molecule has 0 aliphatic carbocycles. The summed E-state index contributed by atoms with van der Waals surface area (Å²) in [4.78, 5) is -1.00. The average molecular weight is 362 g/mol. The number of sulfonamides is 1. The summed E-state index contributed by atoms with van der Waals surface area (Å²) in [5.74, 6) is -1.16. The highest BCUT2D eigenvalue weighted by Crippen LogP contribution is 2.22. The van der Waals surface area contributed by atoms with Gasteiger partial charge in [-0.25, -0.2) is 21.9 Å². The molecule has 0 saturated carbocycles. The van der Waals surface area contributed by atoms with Crippen molar-refractivity contribution in [3.05, 3.63) is 35.7 Å². The monoisotopic (exact) mass is 362 g/mol. The van der Waals surface area contributed by atoms with E-state index in [9.17, 15) is 17.2 Å². The molecule has 23 heavy (non-hydrogen) atoms. The van der Waals surface area contributed by atoms with Crippen LogP contribution in [0.25, 0.3) is 0 Å². The van der Waals surface area contributed by atoms with Crippen LogP contribution in [0.1, 0.15) is 25.7 Å². The van der Waals surface area contributed by atoms with Crippen molar-refractivity contribution in [1.29, 1.82) is 0 Å². The third-order valence-corrected chi connectivity index (χ3v) is 5.54. The van der Waals surface area contributed by atoms with Crippen molar-refractivity contribution in [3.8, 4) is 0 Å². The number of halogens is 2. The molecule has 0 amide bonds. The van der Waals surface area contributed by atoms with Gasteiger partial charge in [-0.2, -0.15) is 0 Å². The van der Waals surface area contributed by atoms with Crippen LogP contribution in [0.5, 0.6) is 0 Å². The van der Waals surface area contributed by atoms with Crippen LogP contribution in [-0.4, -0.2) is 28.9 Å². The van der Waals surface area contributed by atoms with Gasteiger partial charge in [0.15, 0.2) is 15.9 Å². The maximum atomic E-state index is 13.7. The number of thioether (sulfide) groups is 1. The summed E-state index contributed by atoms with van der Waals surface area (Å²) in [6, 6.07) is 2.08. The van der Waals surface area contributed by atoms with Gasteiger partial charge in [-0.15, -0.1) is 10.2 Å². The summed E-state index contributed by atoms with van der Waals surface area (Å²) in [5, 5.41) is 8.52. The molecule has 0 radical (unpaired) electrons. The van der Waals surface area contributed by atoms with Gasteiger partial charge in [-0.3, -0.25) is 0 Å². The number of aromatic nitrogens is 3. The summed E-state index contributed by atoms with van der Waals surface area (Å²) >= 11 is 1.45. The number of nitrogens with one attached hydrogen (secondary N) is 1. The maximum Gasteiger partial charge on any atom is 0.247 e. The van der Waals surface area contributed by atoms with Gasteiger partial charge in [0.1, 0.15) is 11.6 Å². The van der Waals surface area contributed by atoms with Crippen molar-refractivity contribution in [1.82, 2.24) is 19.5 Å². The molecule has 1 atom stereocenters. The van der Waals surface area contributed by atoms with Crippen LogP contribution in [0.4, 0.5) is 8.78 Å². The standard InChI is InChI=1S/C13H16F2N4O2S2/c1-4-22-13-17-16-12(19(13)3)8(2)18-23(20,21)11-9(14)6-5-7-10(11)15/h5-8,18H,4H2,1-3H3. The summed E-state index contributed by atoms with van der Waals surface area (Å²) in [5.41, 5.74) is 0. The predicted molar refractivity (Wildman–Crippen MR) is 82.5 cm³/mol. The molecule has 0 saturated heterocycles. The van der Waals surface area contributed by atoms with Crippen molar-refractivity contribution >= 4 is 21.8 Å². The van der Waals surface area contributed by atoms with Crippen molar-refractivity contribution in [2.24, 2.45) is 7.05 Å². The summed E-state index contributed by atoms with van der Waals surface area (Å²) in [6.45, 7) is 3.48. The molecule has 1 N–H and O–H groups in total. The Bertz CT molecular complexity index is 788. The third kappa shape index (κ3) is 3.70. The van der Waals surface area contributed by atoms with E-state index in [0.29, 0.717) is 11.0 Å². The number of benzene rings is 1. The molecule has 10 heteroatoms. The Morgan fingerprint density at radius 1 is 1.30 bits per heavy atom. The fourth-order valence-electron chi connectivity index (χ4n) is 2.04. The van der Waals surface area contributed by atoms with Gasteiger partial charge in [0, 0.05) is 7.05 Å². The Kier molecular flexibility index (Phi) is 5.37. The van der Waals surface area contributed by atoms with E-state index in [-0.39, 0.29) is 0 Å². The fraction of sp³-hybridized carbons (Fsp3) is 0.385. The largest absolute Gasteiger partial charge is 0.308 e. The summed E-state index contributed by atoms with van der Waals surface area (Å²) in [7, 11) is -2.68. The minimum atomic E-state index is -4.38. The molecule has 6 nitrogen and oxygen atoms in total. The minimum Gasteiger partial charge on any atom is -0.308 e. The molecule has 0 aliphatic heterocycles. The van der Waals surface area contributed by atoms with Crippen LogP contribution in [0.3, 0.4) is 0 Å². The molecule has 2 aromatic rings. The second kappa shape index (κ2) is 6.93. The van der Waals surface area contributed by atoms with Crippen LogP contribution in [-0.2, 0) is 17.1 Å². The number of nitrogens with zero attached hydrogens (tertiary/aromatic N) is 3. The van der Waals surface area contributed by atoms with E-state index in [1.54, 1.807) is 11.6 Å². The smallest absolute Gasteiger partial charge is 0.247 e. The Labute approximate surface area is 137 Å². The van der Waals surface area contributed by atoms with Gasteiger partial charge in [0.2, 0.25) is 10.0 Å². The number of hydrogen-bond donors (Lipinski definition) is 1. The van der Waals surface area contributed by atoms with Crippen molar-refractivity contribution in [3.63, 3.8) is 0 Å². The molecule has 0 spiro atoms. The molecular formula is C13H16F2N4O2S2. The zero-order valence-electron chi connectivity index (χ0n) is 12.7. The molecule has 126 valence electrons. The first-order chi connectivity index (χ1) is 10.8. The van der Waals surface area contributed by atoms with E-state index in [2.05, 4.69) is 14.9 Å². The van der Waals surface area contributed by atoms with Crippen LogP contribution in [0.15, 0.2) is 28.3 Å². The summed E-state index contributed by atoms with van der Waals surface area (Å²) in [6.07, 6.45) is 0. The second-order valence-corrected chi connectivity index (χ2v) is 7.61. The highest BCUT2D eigenvalue weighted by molar-refractivity contribution is 7.99. The van der Waals surface area contributed by atoms with Crippen LogP contribution >= 0.6 is 11.8 Å². The molecule has 0 fully saturated rings. The Balaban J connectivity index is 2.31. The minimum absolute atomic E-state index is 0.348. The van der Waals surface area contributed by atoms with Crippen LogP contribution in [0.2, 0.25) is 0 Å². The first kappa shape index (κ1) is 17.8. The van der Waals surface area contributed by atoms with E-state index in [1.165, 1.54) is 18.7 Å². The molecular weight excluding hydrogens is 346 g/mol. The SMILES string of the molecule is CCSc1nnc(C(C)NS(=O)(=O)c2c(F)cccc2F)n1C. The highest BCUT2D eigenvalue weighted by Gasteiger charge is 2.27. The average Bonchev–Trinajstić information content (AvgIpc) is 2.80. The Morgan fingerprint density at radius 3 is 2.48 bits per heavy atom. The second-order valence-electron chi connectivity index (χ2n) is 4.73. The lowest BCUT2D eigenvalue weighted by molar-refractivity contribution is 0.505. The lowest BCUT2D eigenvalue weighted by atomic mass is 10.3. The quantitative estimate of drug-likeness (QED) is 0.798. The zero-order chi connectivity index (χ0) is 17.2. The van der Waals surface area contributed by atoms with E-state index < -0.39 is 32.6 Å².